The maximum absolute atomic E-state index is 6.53. The molecular weight excluding hydrogens is 116 g/mol. The maximum atomic E-state index is 6.53. The van der Waals surface area contributed by atoms with E-state index < -0.39 is 0 Å². The van der Waals surface area contributed by atoms with Crippen LogP contribution in [0.1, 0.15) is 6.42 Å². The number of likely N-dealkylation sites (tertiary alicyclic amines) is 1. The SMILES string of the molecule is CN1CC[C@@H](NN=N)C1. The van der Waals surface area contributed by atoms with Crippen LogP contribution in [0.2, 0.25) is 0 Å². The van der Waals surface area contributed by atoms with E-state index in [1.165, 1.54) is 0 Å². The predicted octanol–water partition coefficient (Wildman–Crippen LogP) is 0.226. The van der Waals surface area contributed by atoms with Crippen LogP contribution in [-0.4, -0.2) is 31.1 Å². The number of nitrogens with one attached hydrogen (secondary N) is 2. The molecule has 0 radical (unpaired) electrons. The normalized spacial score (nSPS) is 28.3. The van der Waals surface area contributed by atoms with Crippen LogP contribution in [0, 0.1) is 5.53 Å². The fourth-order valence-corrected chi connectivity index (χ4v) is 1.13. The lowest BCUT2D eigenvalue weighted by Crippen LogP contribution is -2.26. The fraction of sp³-hybridized carbons (Fsp3) is 1.00. The first-order valence-corrected chi connectivity index (χ1v) is 3.13. The van der Waals surface area contributed by atoms with Crippen molar-refractivity contribution >= 4 is 0 Å². The van der Waals surface area contributed by atoms with Crippen molar-refractivity contribution in [3.8, 4) is 0 Å². The molecule has 0 saturated carbocycles. The third kappa shape index (κ3) is 1.64. The summed E-state index contributed by atoms with van der Waals surface area (Å²) in [6.45, 7) is 2.13. The van der Waals surface area contributed by atoms with Crippen LogP contribution in [0.15, 0.2) is 5.22 Å². The van der Waals surface area contributed by atoms with E-state index >= 15 is 0 Å². The molecule has 4 heteroatoms. The van der Waals surface area contributed by atoms with Gasteiger partial charge in [0.2, 0.25) is 0 Å². The lowest BCUT2D eigenvalue weighted by atomic mass is 10.3. The summed E-state index contributed by atoms with van der Waals surface area (Å²) in [5.41, 5.74) is 9.25. The molecular formula is C5H12N4. The van der Waals surface area contributed by atoms with Gasteiger partial charge in [0, 0.05) is 6.54 Å². The van der Waals surface area contributed by atoms with Gasteiger partial charge in [0.25, 0.3) is 0 Å². The van der Waals surface area contributed by atoms with Gasteiger partial charge in [-0.15, -0.1) is 0 Å². The van der Waals surface area contributed by atoms with Crippen molar-refractivity contribution in [1.82, 2.24) is 10.3 Å². The molecule has 1 heterocycles. The summed E-state index contributed by atoms with van der Waals surface area (Å²) in [4.78, 5) is 2.23. The van der Waals surface area contributed by atoms with Gasteiger partial charge >= 0.3 is 0 Å². The maximum Gasteiger partial charge on any atom is 0.0595 e. The minimum absolute atomic E-state index is 0.410. The van der Waals surface area contributed by atoms with Gasteiger partial charge in [-0.3, -0.25) is 5.43 Å². The van der Waals surface area contributed by atoms with Crippen molar-refractivity contribution in [2.75, 3.05) is 20.1 Å². The molecule has 0 aromatic carbocycles. The molecule has 2 N–H and O–H groups in total. The van der Waals surface area contributed by atoms with Crippen LogP contribution in [0.3, 0.4) is 0 Å². The zero-order chi connectivity index (χ0) is 6.69. The van der Waals surface area contributed by atoms with Gasteiger partial charge in [-0.1, -0.05) is 5.22 Å². The van der Waals surface area contributed by atoms with Gasteiger partial charge in [-0.2, -0.15) is 5.53 Å². The Hall–Kier alpha value is -0.640. The van der Waals surface area contributed by atoms with Crippen LogP contribution >= 0.6 is 0 Å². The Balaban J connectivity index is 2.21. The standard InChI is InChI=1S/C5H12N4/c1-9-3-2-5(4-9)7-8-6/h5H,2-4H2,1H3,(H2,6,7)/t5-/m1/s1. The van der Waals surface area contributed by atoms with Crippen LogP contribution in [0.25, 0.3) is 0 Å². The Morgan fingerprint density at radius 2 is 2.56 bits per heavy atom. The van der Waals surface area contributed by atoms with E-state index in [9.17, 15) is 0 Å². The molecule has 0 aliphatic carbocycles. The van der Waals surface area contributed by atoms with Gasteiger partial charge < -0.3 is 4.90 Å². The van der Waals surface area contributed by atoms with Crippen molar-refractivity contribution in [2.24, 2.45) is 5.22 Å². The molecule has 1 saturated heterocycles. The second-order valence-corrected chi connectivity index (χ2v) is 2.49. The molecule has 0 aromatic rings. The zero-order valence-corrected chi connectivity index (χ0v) is 5.59. The minimum atomic E-state index is 0.410. The van der Waals surface area contributed by atoms with E-state index in [4.69, 9.17) is 5.53 Å². The van der Waals surface area contributed by atoms with Crippen molar-refractivity contribution in [1.29, 1.82) is 5.53 Å². The lowest BCUT2D eigenvalue weighted by molar-refractivity contribution is 0.397. The molecule has 52 valence electrons. The first-order valence-electron chi connectivity index (χ1n) is 3.13. The van der Waals surface area contributed by atoms with Gasteiger partial charge in [0.1, 0.15) is 0 Å². The molecule has 1 atom stereocenters. The quantitative estimate of drug-likeness (QED) is 0.413. The van der Waals surface area contributed by atoms with E-state index in [1.807, 2.05) is 0 Å². The lowest BCUT2D eigenvalue weighted by Gasteiger charge is -2.07. The third-order valence-electron chi connectivity index (χ3n) is 1.64. The van der Waals surface area contributed by atoms with E-state index in [1.54, 1.807) is 0 Å². The highest BCUT2D eigenvalue weighted by molar-refractivity contribution is 4.76. The number of rotatable bonds is 2. The number of likely N-dealkylation sites (N-methyl/N-ethyl adjacent to an activating group) is 1. The average molecular weight is 128 g/mol. The summed E-state index contributed by atoms with van der Waals surface area (Å²) in [5.74, 6) is 0. The van der Waals surface area contributed by atoms with Crippen LogP contribution in [0.4, 0.5) is 0 Å². The zero-order valence-electron chi connectivity index (χ0n) is 5.59. The molecule has 1 aliphatic rings. The molecule has 1 aliphatic heterocycles. The Labute approximate surface area is 54.7 Å². The van der Waals surface area contributed by atoms with Crippen molar-refractivity contribution in [3.05, 3.63) is 0 Å². The van der Waals surface area contributed by atoms with E-state index in [-0.39, 0.29) is 0 Å². The van der Waals surface area contributed by atoms with E-state index in [0.717, 1.165) is 19.5 Å². The largest absolute Gasteiger partial charge is 0.304 e. The first kappa shape index (κ1) is 6.48. The van der Waals surface area contributed by atoms with Crippen molar-refractivity contribution in [2.45, 2.75) is 12.5 Å². The second kappa shape index (κ2) is 2.77. The minimum Gasteiger partial charge on any atom is -0.304 e. The second-order valence-electron chi connectivity index (χ2n) is 2.49. The third-order valence-corrected chi connectivity index (χ3v) is 1.64. The highest BCUT2D eigenvalue weighted by Crippen LogP contribution is 2.04. The first-order chi connectivity index (χ1) is 4.33. The molecule has 0 aromatic heterocycles. The van der Waals surface area contributed by atoms with Crippen LogP contribution < -0.4 is 5.43 Å². The Morgan fingerprint density at radius 1 is 1.78 bits per heavy atom. The number of nitrogens with zero attached hydrogens (tertiary/aromatic N) is 2. The summed E-state index contributed by atoms with van der Waals surface area (Å²) >= 11 is 0. The van der Waals surface area contributed by atoms with Crippen LogP contribution in [0.5, 0.6) is 0 Å². The summed E-state index contributed by atoms with van der Waals surface area (Å²) in [7, 11) is 2.08. The van der Waals surface area contributed by atoms with Gasteiger partial charge in [-0.25, -0.2) is 0 Å². The molecule has 0 unspecified atom stereocenters. The van der Waals surface area contributed by atoms with Crippen molar-refractivity contribution in [3.63, 3.8) is 0 Å². The molecule has 4 nitrogen and oxygen atoms in total. The Kier molecular flexibility index (Phi) is 2.00. The number of hydrogen-bond donors (Lipinski definition) is 2. The topological polar surface area (TPSA) is 51.5 Å². The summed E-state index contributed by atoms with van der Waals surface area (Å²) in [6.07, 6.45) is 1.11. The molecule has 1 fully saturated rings. The van der Waals surface area contributed by atoms with Gasteiger partial charge in [0.05, 0.1) is 6.04 Å². The highest BCUT2D eigenvalue weighted by Gasteiger charge is 2.17. The average Bonchev–Trinajstić information content (AvgIpc) is 2.17. The Morgan fingerprint density at radius 3 is 3.00 bits per heavy atom. The molecule has 0 bridgehead atoms. The molecule has 9 heavy (non-hydrogen) atoms. The summed E-state index contributed by atoms with van der Waals surface area (Å²) in [5, 5.41) is 3.13. The predicted molar refractivity (Wildman–Crippen MR) is 34.2 cm³/mol. The van der Waals surface area contributed by atoms with Gasteiger partial charge in [0.15, 0.2) is 0 Å². The van der Waals surface area contributed by atoms with Crippen LogP contribution in [-0.2, 0) is 0 Å². The summed E-state index contributed by atoms with van der Waals surface area (Å²) in [6, 6.07) is 0.410. The van der Waals surface area contributed by atoms with Crippen molar-refractivity contribution < 1.29 is 0 Å². The molecule has 1 rings (SSSR count). The smallest absolute Gasteiger partial charge is 0.0595 e. The molecule has 0 amide bonds. The fourth-order valence-electron chi connectivity index (χ4n) is 1.13. The molecule has 0 spiro atoms. The number of hydrogen-bond acceptors (Lipinski definition) is 3. The Bertz CT molecular complexity index is 103. The van der Waals surface area contributed by atoms with E-state index in [0.29, 0.717) is 6.04 Å². The summed E-state index contributed by atoms with van der Waals surface area (Å²) < 4.78 is 0. The highest BCUT2D eigenvalue weighted by atomic mass is 15.4. The van der Waals surface area contributed by atoms with Gasteiger partial charge in [-0.05, 0) is 20.0 Å². The van der Waals surface area contributed by atoms with E-state index in [2.05, 4.69) is 22.6 Å². The monoisotopic (exact) mass is 128 g/mol.